The molecule has 1 saturated carbocycles. The lowest BCUT2D eigenvalue weighted by molar-refractivity contribution is -0.139. The second-order valence-corrected chi connectivity index (χ2v) is 5.98. The minimum absolute atomic E-state index is 0.333. The van der Waals surface area contributed by atoms with E-state index in [4.69, 9.17) is 0 Å². The summed E-state index contributed by atoms with van der Waals surface area (Å²) < 4.78 is 0. The minimum atomic E-state index is 0.333. The molecule has 0 radical (unpaired) electrons. The van der Waals surface area contributed by atoms with Crippen LogP contribution in [0.3, 0.4) is 0 Å². The van der Waals surface area contributed by atoms with Crippen molar-refractivity contribution < 1.29 is 4.79 Å². The Hall–Kier alpha value is -1.58. The van der Waals surface area contributed by atoms with Crippen molar-refractivity contribution in [2.24, 2.45) is 5.92 Å². The maximum Gasteiger partial charge on any atom is 0.225 e. The van der Waals surface area contributed by atoms with Crippen LogP contribution in [-0.2, 0) is 4.79 Å². The summed E-state index contributed by atoms with van der Waals surface area (Å²) in [6.45, 7) is 1.80. The van der Waals surface area contributed by atoms with E-state index in [9.17, 15) is 4.79 Å². The van der Waals surface area contributed by atoms with Crippen LogP contribution in [0.2, 0.25) is 0 Å². The van der Waals surface area contributed by atoms with Gasteiger partial charge < -0.3 is 9.80 Å². The van der Waals surface area contributed by atoms with Crippen LogP contribution in [0.25, 0.3) is 0 Å². The predicted molar refractivity (Wildman–Crippen MR) is 79.6 cm³/mol. The lowest BCUT2D eigenvalue weighted by atomic mass is 9.84. The van der Waals surface area contributed by atoms with Gasteiger partial charge in [0.1, 0.15) is 5.82 Å². The first-order valence-corrected chi connectivity index (χ1v) is 7.68. The number of carbonyl (C=O) groups excluding carboxylic acids is 1. The number of hydrogen-bond donors (Lipinski definition) is 0. The molecule has 4 nitrogen and oxygen atoms in total. The van der Waals surface area contributed by atoms with Gasteiger partial charge in [0.05, 0.1) is 0 Å². The third-order valence-corrected chi connectivity index (χ3v) is 4.79. The summed E-state index contributed by atoms with van der Waals surface area (Å²) in [6, 6.07) is 6.51. The van der Waals surface area contributed by atoms with Gasteiger partial charge in [0.15, 0.2) is 0 Å². The molecule has 108 valence electrons. The summed E-state index contributed by atoms with van der Waals surface area (Å²) in [4.78, 5) is 21.0. The van der Waals surface area contributed by atoms with Gasteiger partial charge in [-0.15, -0.1) is 0 Å². The molecule has 1 aliphatic heterocycles. The Balaban J connectivity index is 1.54. The van der Waals surface area contributed by atoms with Crippen LogP contribution in [0, 0.1) is 5.92 Å². The molecule has 1 aromatic heterocycles. The first kappa shape index (κ1) is 13.4. The van der Waals surface area contributed by atoms with Crippen molar-refractivity contribution in [1.82, 2.24) is 9.88 Å². The van der Waals surface area contributed by atoms with E-state index < -0.39 is 0 Å². The maximum atomic E-state index is 12.2. The van der Waals surface area contributed by atoms with Gasteiger partial charge in [0, 0.05) is 38.3 Å². The van der Waals surface area contributed by atoms with Gasteiger partial charge in [-0.05, 0) is 37.8 Å². The van der Waals surface area contributed by atoms with Gasteiger partial charge in [0.25, 0.3) is 0 Å². The third-order valence-electron chi connectivity index (χ3n) is 4.79. The molecule has 0 atom stereocenters. The molecule has 4 heteroatoms. The first-order chi connectivity index (χ1) is 9.75. The highest BCUT2D eigenvalue weighted by molar-refractivity contribution is 5.79. The number of piperidine rings is 1. The first-order valence-electron chi connectivity index (χ1n) is 7.68. The van der Waals surface area contributed by atoms with E-state index in [0.717, 1.165) is 44.6 Å². The highest BCUT2D eigenvalue weighted by atomic mass is 16.2. The molecule has 20 heavy (non-hydrogen) atoms. The number of anilines is 1. The summed E-state index contributed by atoms with van der Waals surface area (Å²) in [5.41, 5.74) is 0. The molecule has 2 heterocycles. The van der Waals surface area contributed by atoms with Gasteiger partial charge in [-0.3, -0.25) is 4.79 Å². The number of hydrogen-bond acceptors (Lipinski definition) is 3. The topological polar surface area (TPSA) is 36.4 Å². The van der Waals surface area contributed by atoms with Gasteiger partial charge in [-0.25, -0.2) is 4.98 Å². The summed E-state index contributed by atoms with van der Waals surface area (Å²) in [5.74, 6) is 1.76. The van der Waals surface area contributed by atoms with E-state index in [0.29, 0.717) is 17.9 Å². The summed E-state index contributed by atoms with van der Waals surface area (Å²) in [6.07, 6.45) is 7.37. The fourth-order valence-electron chi connectivity index (χ4n) is 3.14. The Bertz CT molecular complexity index is 450. The highest BCUT2D eigenvalue weighted by Gasteiger charge is 2.32. The Kier molecular flexibility index (Phi) is 3.90. The number of likely N-dealkylation sites (tertiary alicyclic amines) is 1. The second kappa shape index (κ2) is 5.81. The van der Waals surface area contributed by atoms with Crippen molar-refractivity contribution in [2.75, 3.05) is 25.0 Å². The Morgan fingerprint density at radius 3 is 2.55 bits per heavy atom. The molecular weight excluding hydrogens is 250 g/mol. The average molecular weight is 273 g/mol. The van der Waals surface area contributed by atoms with Crippen LogP contribution >= 0.6 is 0 Å². The van der Waals surface area contributed by atoms with Crippen LogP contribution in [0.1, 0.15) is 32.1 Å². The molecule has 1 saturated heterocycles. The van der Waals surface area contributed by atoms with E-state index in [1.165, 1.54) is 6.42 Å². The largest absolute Gasteiger partial charge is 0.357 e. The lowest BCUT2D eigenvalue weighted by Crippen LogP contribution is -2.48. The van der Waals surface area contributed by atoms with E-state index in [2.05, 4.69) is 21.8 Å². The van der Waals surface area contributed by atoms with E-state index >= 15 is 0 Å². The van der Waals surface area contributed by atoms with E-state index in [1.807, 2.05) is 24.4 Å². The number of carbonyl (C=O) groups is 1. The summed E-state index contributed by atoms with van der Waals surface area (Å²) >= 11 is 0. The number of rotatable bonds is 3. The van der Waals surface area contributed by atoms with Crippen molar-refractivity contribution in [3.63, 3.8) is 0 Å². The zero-order valence-electron chi connectivity index (χ0n) is 12.2. The van der Waals surface area contributed by atoms with Gasteiger partial charge in [-0.1, -0.05) is 12.5 Å². The molecule has 1 aromatic rings. The number of pyridine rings is 1. The van der Waals surface area contributed by atoms with E-state index in [-0.39, 0.29) is 0 Å². The molecule has 0 spiro atoms. The third kappa shape index (κ3) is 2.65. The standard InChI is InChI=1S/C16H23N3O/c1-18(15-7-2-3-10-17-15)14-8-11-19(12-9-14)16(20)13-5-4-6-13/h2-3,7,10,13-14H,4-6,8-9,11-12H2,1H3. The molecule has 2 fully saturated rings. The van der Waals surface area contributed by atoms with Crippen LogP contribution in [-0.4, -0.2) is 42.0 Å². The van der Waals surface area contributed by atoms with Crippen LogP contribution in [0.5, 0.6) is 0 Å². The summed E-state index contributed by atoms with van der Waals surface area (Å²) in [7, 11) is 2.11. The monoisotopic (exact) mass is 273 g/mol. The van der Waals surface area contributed by atoms with Crippen molar-refractivity contribution >= 4 is 11.7 Å². The second-order valence-electron chi connectivity index (χ2n) is 5.98. The fraction of sp³-hybridized carbons (Fsp3) is 0.625. The summed E-state index contributed by atoms with van der Waals surface area (Å²) in [5, 5.41) is 0. The van der Waals surface area contributed by atoms with Crippen molar-refractivity contribution in [3.05, 3.63) is 24.4 Å². The molecule has 2 aliphatic rings. The maximum absolute atomic E-state index is 12.2. The quantitative estimate of drug-likeness (QED) is 0.848. The van der Waals surface area contributed by atoms with Crippen molar-refractivity contribution in [2.45, 2.75) is 38.1 Å². The molecule has 0 N–H and O–H groups in total. The SMILES string of the molecule is CN(c1ccccn1)C1CCN(C(=O)C2CCC2)CC1. The smallest absolute Gasteiger partial charge is 0.225 e. The van der Waals surface area contributed by atoms with Gasteiger partial charge in [-0.2, -0.15) is 0 Å². The number of nitrogens with zero attached hydrogens (tertiary/aromatic N) is 3. The normalized spacial score (nSPS) is 20.6. The number of amides is 1. The van der Waals surface area contributed by atoms with Crippen molar-refractivity contribution in [1.29, 1.82) is 0 Å². The minimum Gasteiger partial charge on any atom is -0.357 e. The molecule has 0 bridgehead atoms. The lowest BCUT2D eigenvalue weighted by Gasteiger charge is -2.39. The van der Waals surface area contributed by atoms with Crippen molar-refractivity contribution in [3.8, 4) is 0 Å². The Morgan fingerprint density at radius 2 is 2.00 bits per heavy atom. The molecular formula is C16H23N3O. The molecule has 3 rings (SSSR count). The van der Waals surface area contributed by atoms with Crippen LogP contribution < -0.4 is 4.90 Å². The molecule has 1 aliphatic carbocycles. The van der Waals surface area contributed by atoms with Crippen LogP contribution in [0.15, 0.2) is 24.4 Å². The average Bonchev–Trinajstić information content (AvgIpc) is 2.46. The van der Waals surface area contributed by atoms with Gasteiger partial charge >= 0.3 is 0 Å². The van der Waals surface area contributed by atoms with Gasteiger partial charge in [0.2, 0.25) is 5.91 Å². The molecule has 1 amide bonds. The zero-order chi connectivity index (χ0) is 13.9. The van der Waals surface area contributed by atoms with E-state index in [1.54, 1.807) is 0 Å². The zero-order valence-corrected chi connectivity index (χ0v) is 12.2. The number of aromatic nitrogens is 1. The van der Waals surface area contributed by atoms with Crippen LogP contribution in [0.4, 0.5) is 5.82 Å². The molecule has 0 aromatic carbocycles. The predicted octanol–water partition coefficient (Wildman–Crippen LogP) is 2.31. The fourth-order valence-corrected chi connectivity index (χ4v) is 3.14. The Labute approximate surface area is 120 Å². The Morgan fingerprint density at radius 1 is 1.25 bits per heavy atom. The molecule has 0 unspecified atom stereocenters. The highest BCUT2D eigenvalue weighted by Crippen LogP contribution is 2.30.